The van der Waals surface area contributed by atoms with E-state index < -0.39 is 12.0 Å². The van der Waals surface area contributed by atoms with Crippen LogP contribution in [-0.2, 0) is 4.79 Å². The highest BCUT2D eigenvalue weighted by atomic mass is 35.5. The van der Waals surface area contributed by atoms with E-state index in [1.165, 1.54) is 6.33 Å². The Morgan fingerprint density at radius 2 is 2.22 bits per heavy atom. The van der Waals surface area contributed by atoms with Crippen LogP contribution in [0.15, 0.2) is 6.33 Å². The maximum absolute atomic E-state index is 10.5. The van der Waals surface area contributed by atoms with Gasteiger partial charge in [0.15, 0.2) is 11.0 Å². The van der Waals surface area contributed by atoms with Gasteiger partial charge in [0.05, 0.1) is 0 Å². The van der Waals surface area contributed by atoms with Gasteiger partial charge >= 0.3 is 5.97 Å². The van der Waals surface area contributed by atoms with Crippen molar-refractivity contribution >= 4 is 29.1 Å². The average Bonchev–Trinajstić information content (AvgIpc) is 2.33. The zero-order valence-electron chi connectivity index (χ0n) is 9.77. The first kappa shape index (κ1) is 14.5. The Kier molecular flexibility index (Phi) is 5.60. The number of carboxylic acids is 1. The van der Waals surface area contributed by atoms with Crippen molar-refractivity contribution < 1.29 is 9.90 Å². The van der Waals surface area contributed by atoms with E-state index >= 15 is 0 Å². The summed E-state index contributed by atoms with van der Waals surface area (Å²) in [6.45, 7) is 0.615. The van der Waals surface area contributed by atoms with Gasteiger partial charge in [-0.3, -0.25) is 4.79 Å². The molecule has 0 saturated heterocycles. The first-order valence-electron chi connectivity index (χ1n) is 5.50. The molecule has 1 aromatic rings. The summed E-state index contributed by atoms with van der Waals surface area (Å²) in [6.07, 6.45) is 3.24. The molecular weight excluding hydrogens is 258 g/mol. The first-order chi connectivity index (χ1) is 8.52. The number of nitrogen functional groups attached to an aromatic ring is 1. The van der Waals surface area contributed by atoms with Crippen molar-refractivity contribution in [3.05, 3.63) is 11.5 Å². The lowest BCUT2D eigenvalue weighted by Gasteiger charge is -2.09. The Balaban J connectivity index is 2.26. The molecule has 1 heterocycles. The van der Waals surface area contributed by atoms with Gasteiger partial charge in [-0.25, -0.2) is 9.97 Å². The predicted octanol–water partition coefficient (Wildman–Crippen LogP) is 0.706. The molecule has 0 aliphatic rings. The van der Waals surface area contributed by atoms with Gasteiger partial charge < -0.3 is 21.9 Å². The van der Waals surface area contributed by atoms with Crippen LogP contribution < -0.4 is 16.8 Å². The van der Waals surface area contributed by atoms with Crippen LogP contribution in [0.3, 0.4) is 0 Å². The topological polar surface area (TPSA) is 127 Å². The monoisotopic (exact) mass is 273 g/mol. The number of nitrogens with two attached hydrogens (primary N) is 2. The van der Waals surface area contributed by atoms with Crippen LogP contribution in [0.5, 0.6) is 0 Å². The average molecular weight is 274 g/mol. The van der Waals surface area contributed by atoms with Crippen LogP contribution in [0.4, 0.5) is 11.5 Å². The van der Waals surface area contributed by atoms with E-state index in [2.05, 4.69) is 15.3 Å². The molecule has 6 N–H and O–H groups in total. The number of rotatable bonds is 7. The van der Waals surface area contributed by atoms with Crippen molar-refractivity contribution in [1.82, 2.24) is 9.97 Å². The fraction of sp³-hybridized carbons (Fsp3) is 0.500. The quantitative estimate of drug-likeness (QED) is 0.425. The summed E-state index contributed by atoms with van der Waals surface area (Å²) in [5.74, 6) is -0.493. The van der Waals surface area contributed by atoms with Crippen molar-refractivity contribution in [2.45, 2.75) is 25.3 Å². The minimum atomic E-state index is -0.977. The first-order valence-corrected chi connectivity index (χ1v) is 5.88. The summed E-state index contributed by atoms with van der Waals surface area (Å²) in [7, 11) is 0. The molecule has 0 radical (unpaired) electrons. The molecule has 0 unspecified atom stereocenters. The second-order valence-electron chi connectivity index (χ2n) is 3.79. The van der Waals surface area contributed by atoms with E-state index in [0.29, 0.717) is 30.9 Å². The molecule has 0 amide bonds. The maximum atomic E-state index is 10.5. The number of nitrogens with one attached hydrogen (secondary N) is 1. The molecule has 0 aliphatic heterocycles. The van der Waals surface area contributed by atoms with Gasteiger partial charge in [-0.1, -0.05) is 11.6 Å². The number of halogens is 1. The summed E-state index contributed by atoms with van der Waals surface area (Å²) in [6, 6.07) is -0.802. The highest BCUT2D eigenvalue weighted by Gasteiger charge is 2.10. The molecule has 0 saturated carbocycles. The van der Waals surface area contributed by atoms with Crippen molar-refractivity contribution in [2.24, 2.45) is 5.73 Å². The lowest BCUT2D eigenvalue weighted by Crippen LogP contribution is -2.29. The second-order valence-corrected chi connectivity index (χ2v) is 4.15. The smallest absolute Gasteiger partial charge is 0.320 e. The molecule has 1 atom stereocenters. The van der Waals surface area contributed by atoms with Crippen molar-refractivity contribution in [1.29, 1.82) is 0 Å². The number of aromatic nitrogens is 2. The van der Waals surface area contributed by atoms with E-state index in [1.807, 2.05) is 0 Å². The standard InChI is InChI=1S/C10H16ClN5O2/c11-8-7(13)9(16-5-15-8)14-4-2-1-3-6(12)10(17)18/h5-6H,1-4,12-13H2,(H,17,18)(H,14,15,16)/t6-/m0/s1. The highest BCUT2D eigenvalue weighted by molar-refractivity contribution is 6.32. The molecule has 1 aromatic heterocycles. The molecule has 0 spiro atoms. The fourth-order valence-electron chi connectivity index (χ4n) is 1.33. The minimum Gasteiger partial charge on any atom is -0.480 e. The molecule has 100 valence electrons. The maximum Gasteiger partial charge on any atom is 0.320 e. The SMILES string of the molecule is Nc1c(Cl)ncnc1NCCCC[C@H](N)C(=O)O. The minimum absolute atomic E-state index is 0.209. The van der Waals surface area contributed by atoms with Crippen LogP contribution in [0.1, 0.15) is 19.3 Å². The largest absolute Gasteiger partial charge is 0.480 e. The Bertz CT molecular complexity index is 415. The summed E-state index contributed by atoms with van der Waals surface area (Å²) in [4.78, 5) is 18.2. The second kappa shape index (κ2) is 6.97. The van der Waals surface area contributed by atoms with E-state index in [1.54, 1.807) is 0 Å². The van der Waals surface area contributed by atoms with Crippen LogP contribution >= 0.6 is 11.6 Å². The Labute approximate surface area is 110 Å². The molecule has 1 rings (SSSR count). The molecule has 7 nitrogen and oxygen atoms in total. The predicted molar refractivity (Wildman–Crippen MR) is 69.4 cm³/mol. The number of carboxylic acid groups (broad SMARTS) is 1. The Morgan fingerprint density at radius 3 is 2.89 bits per heavy atom. The van der Waals surface area contributed by atoms with Gasteiger partial charge in [0.25, 0.3) is 0 Å². The molecular formula is C10H16ClN5O2. The number of unbranched alkanes of at least 4 members (excludes halogenated alkanes) is 1. The third-order valence-electron chi connectivity index (χ3n) is 2.39. The van der Waals surface area contributed by atoms with Crippen LogP contribution in [0.2, 0.25) is 5.15 Å². The molecule has 0 bridgehead atoms. The normalized spacial score (nSPS) is 12.1. The number of carbonyl (C=O) groups is 1. The van der Waals surface area contributed by atoms with Gasteiger partial charge in [-0.15, -0.1) is 0 Å². The summed E-state index contributed by atoms with van der Waals surface area (Å²) in [5, 5.41) is 11.8. The molecule has 8 heteroatoms. The van der Waals surface area contributed by atoms with Crippen LogP contribution in [-0.4, -0.2) is 33.6 Å². The summed E-state index contributed by atoms with van der Waals surface area (Å²) in [5.41, 5.74) is 11.4. The van der Waals surface area contributed by atoms with Crippen LogP contribution in [0, 0.1) is 0 Å². The molecule has 0 fully saturated rings. The van der Waals surface area contributed by atoms with Gasteiger partial charge in [-0.05, 0) is 19.3 Å². The summed E-state index contributed by atoms with van der Waals surface area (Å²) < 4.78 is 0. The zero-order chi connectivity index (χ0) is 13.5. The molecule has 0 aliphatic carbocycles. The van der Waals surface area contributed by atoms with Gasteiger partial charge in [0.1, 0.15) is 18.1 Å². The number of hydrogen-bond donors (Lipinski definition) is 4. The molecule has 0 aromatic carbocycles. The van der Waals surface area contributed by atoms with Gasteiger partial charge in [-0.2, -0.15) is 0 Å². The van der Waals surface area contributed by atoms with Crippen molar-refractivity contribution in [3.63, 3.8) is 0 Å². The lowest BCUT2D eigenvalue weighted by molar-refractivity contribution is -0.138. The number of nitrogens with zero attached hydrogens (tertiary/aromatic N) is 2. The van der Waals surface area contributed by atoms with E-state index in [0.717, 1.165) is 6.42 Å². The number of anilines is 2. The Morgan fingerprint density at radius 1 is 1.50 bits per heavy atom. The van der Waals surface area contributed by atoms with Crippen molar-refractivity contribution in [3.8, 4) is 0 Å². The Hall–Kier alpha value is -1.60. The lowest BCUT2D eigenvalue weighted by atomic mass is 10.1. The van der Waals surface area contributed by atoms with Gasteiger partial charge in [0.2, 0.25) is 0 Å². The summed E-state index contributed by atoms with van der Waals surface area (Å²) >= 11 is 5.73. The van der Waals surface area contributed by atoms with Crippen LogP contribution in [0.25, 0.3) is 0 Å². The highest BCUT2D eigenvalue weighted by Crippen LogP contribution is 2.21. The zero-order valence-corrected chi connectivity index (χ0v) is 10.5. The van der Waals surface area contributed by atoms with E-state index in [9.17, 15) is 4.79 Å². The third kappa shape index (κ3) is 4.34. The third-order valence-corrected chi connectivity index (χ3v) is 2.69. The number of aliphatic carboxylic acids is 1. The molecule has 18 heavy (non-hydrogen) atoms. The van der Waals surface area contributed by atoms with E-state index in [-0.39, 0.29) is 5.15 Å². The van der Waals surface area contributed by atoms with Crippen molar-refractivity contribution in [2.75, 3.05) is 17.6 Å². The fourth-order valence-corrected chi connectivity index (χ4v) is 1.47. The van der Waals surface area contributed by atoms with E-state index in [4.69, 9.17) is 28.2 Å². The van der Waals surface area contributed by atoms with Gasteiger partial charge in [0, 0.05) is 6.54 Å². The number of hydrogen-bond acceptors (Lipinski definition) is 6.